The molecule has 2 atom stereocenters. The Morgan fingerprint density at radius 1 is 0.773 bits per heavy atom. The second-order valence-corrected chi connectivity index (χ2v) is 11.2. The molecule has 2 unspecified atom stereocenters. The molecule has 0 aliphatic carbocycles. The van der Waals surface area contributed by atoms with Gasteiger partial charge in [-0.25, -0.2) is 0 Å². The number of rotatable bonds is 30. The zero-order valence-corrected chi connectivity index (χ0v) is 28.8. The van der Waals surface area contributed by atoms with Gasteiger partial charge in [-0.1, -0.05) is 26.2 Å². The van der Waals surface area contributed by atoms with E-state index in [2.05, 4.69) is 62.4 Å². The molecule has 0 aromatic carbocycles. The molecule has 0 aliphatic rings. The summed E-state index contributed by atoms with van der Waals surface area (Å²) in [5, 5.41) is 20.6. The maximum atomic E-state index is 12.5. The average molecular weight is 669 g/mol. The second-order valence-electron chi connectivity index (χ2n) is 10.7. The van der Waals surface area contributed by atoms with Crippen molar-refractivity contribution in [2.24, 2.45) is 5.92 Å². The van der Waals surface area contributed by atoms with Crippen LogP contribution in [0, 0.1) is 5.92 Å². The van der Waals surface area contributed by atoms with Crippen molar-refractivity contribution < 1.29 is 37.4 Å². The van der Waals surface area contributed by atoms with Gasteiger partial charge in [-0.3, -0.25) is 19.2 Å². The van der Waals surface area contributed by atoms with E-state index >= 15 is 0 Å². The van der Waals surface area contributed by atoms with Crippen LogP contribution in [-0.2, 0) is 32.3 Å². The fourth-order valence-electron chi connectivity index (χ4n) is 4.18. The Bertz CT molecular complexity index is 691. The summed E-state index contributed by atoms with van der Waals surface area (Å²) in [5.41, 5.74) is 0. The average Bonchev–Trinajstić information content (AvgIpc) is 3.01. The van der Waals surface area contributed by atoms with Crippen LogP contribution in [0.3, 0.4) is 0 Å². The summed E-state index contributed by atoms with van der Waals surface area (Å²) < 4.78 is 14.3. The van der Waals surface area contributed by atoms with Crippen LogP contribution in [0.1, 0.15) is 103 Å². The summed E-state index contributed by atoms with van der Waals surface area (Å²) in [7, 11) is 1.61. The maximum Gasteiger partial charge on any atom is 0.222 e. The van der Waals surface area contributed by atoms with Gasteiger partial charge in [0.25, 0.3) is 0 Å². The van der Waals surface area contributed by atoms with Gasteiger partial charge < -0.3 is 39.5 Å². The molecule has 0 aliphatic heterocycles. The predicted molar refractivity (Wildman–Crippen MR) is 179 cm³/mol. The minimum Gasteiger partial charge on any atom is -0.396 e. The Morgan fingerprint density at radius 2 is 1.39 bits per heavy atom. The Kier molecular flexibility index (Phi) is 36.3. The molecule has 0 spiro atoms. The number of aliphatic hydroxyl groups is 1. The first-order chi connectivity index (χ1) is 21.4. The zero-order chi connectivity index (χ0) is 33.1. The summed E-state index contributed by atoms with van der Waals surface area (Å²) in [6, 6.07) is -0.302. The van der Waals surface area contributed by atoms with Crippen molar-refractivity contribution in [2.75, 3.05) is 53.2 Å². The summed E-state index contributed by atoms with van der Waals surface area (Å²) in [6.45, 7) is 5.58. The number of hydrogen-bond acceptors (Lipinski definition) is 10. The molecule has 0 rings (SSSR count). The Morgan fingerprint density at radius 3 is 1.98 bits per heavy atom. The van der Waals surface area contributed by atoms with E-state index in [1.54, 1.807) is 7.11 Å². The molecule has 14 heteroatoms. The third-order valence-corrected chi connectivity index (χ3v) is 7.02. The van der Waals surface area contributed by atoms with Crippen molar-refractivity contribution in [1.82, 2.24) is 21.3 Å². The Balaban J connectivity index is 0. The number of nitrogens with one attached hydrogen (secondary N) is 4. The molecule has 0 aromatic heterocycles. The summed E-state index contributed by atoms with van der Waals surface area (Å²) in [4.78, 5) is 47.0. The van der Waals surface area contributed by atoms with Gasteiger partial charge in [-0.05, 0) is 83.6 Å². The van der Waals surface area contributed by atoms with E-state index in [4.69, 9.17) is 4.74 Å². The van der Waals surface area contributed by atoms with Crippen molar-refractivity contribution in [3.05, 3.63) is 0 Å². The molecule has 0 bridgehead atoms. The molecule has 0 radical (unpaired) electrons. The summed E-state index contributed by atoms with van der Waals surface area (Å²) >= 11 is 7.26. The van der Waals surface area contributed by atoms with Crippen molar-refractivity contribution in [2.45, 2.75) is 109 Å². The van der Waals surface area contributed by atoms with Gasteiger partial charge in [-0.2, -0.15) is 0 Å². The first-order valence-corrected chi connectivity index (χ1v) is 16.7. The number of carbonyl (C=O) groups excluding carboxylic acids is 4. The SMILES string of the molecule is CCCCCOS.COCC(CO)CCCCNC(=O)CC(CCCCNC(=O)CCCCOS)NC(=O)CCCNC=O. The van der Waals surface area contributed by atoms with Crippen molar-refractivity contribution >= 4 is 50.0 Å². The Labute approximate surface area is 276 Å². The van der Waals surface area contributed by atoms with Crippen LogP contribution in [0.15, 0.2) is 0 Å². The van der Waals surface area contributed by atoms with E-state index in [9.17, 15) is 24.3 Å². The third kappa shape index (κ3) is 33.3. The smallest absolute Gasteiger partial charge is 0.222 e. The zero-order valence-electron chi connectivity index (χ0n) is 27.0. The van der Waals surface area contributed by atoms with Crippen LogP contribution < -0.4 is 21.3 Å². The van der Waals surface area contributed by atoms with E-state index in [0.717, 1.165) is 58.0 Å². The van der Waals surface area contributed by atoms with Gasteiger partial charge in [0.15, 0.2) is 0 Å². The van der Waals surface area contributed by atoms with Gasteiger partial charge in [0.2, 0.25) is 24.1 Å². The molecular weight excluding hydrogens is 608 g/mol. The summed E-state index contributed by atoms with van der Waals surface area (Å²) in [5.74, 6) is -0.168. The number of aliphatic hydroxyl groups excluding tert-OH is 1. The molecule has 0 fully saturated rings. The van der Waals surface area contributed by atoms with E-state index in [-0.39, 0.29) is 49.1 Å². The molecule has 0 heterocycles. The topological polar surface area (TPSA) is 164 Å². The lowest BCUT2D eigenvalue weighted by molar-refractivity contribution is -0.124. The van der Waals surface area contributed by atoms with Gasteiger partial charge >= 0.3 is 0 Å². The van der Waals surface area contributed by atoms with Crippen LogP contribution in [0.4, 0.5) is 0 Å². The third-order valence-electron chi connectivity index (χ3n) is 6.66. The number of ether oxygens (including phenoxy) is 1. The lowest BCUT2D eigenvalue weighted by Gasteiger charge is -2.19. The molecule has 0 aromatic rings. The first kappa shape index (κ1) is 44.5. The quantitative estimate of drug-likeness (QED) is 0.0265. The fourth-order valence-corrected chi connectivity index (χ4v) is 4.44. The predicted octanol–water partition coefficient (Wildman–Crippen LogP) is 3.29. The van der Waals surface area contributed by atoms with Crippen LogP contribution in [-0.4, -0.2) is 88.5 Å². The van der Waals surface area contributed by atoms with Gasteiger partial charge in [0, 0.05) is 64.6 Å². The molecule has 260 valence electrons. The Hall–Kier alpha value is -1.58. The number of amides is 4. The van der Waals surface area contributed by atoms with Crippen molar-refractivity contribution in [1.29, 1.82) is 0 Å². The molecule has 0 saturated heterocycles. The van der Waals surface area contributed by atoms with Gasteiger partial charge in [0.1, 0.15) is 0 Å². The normalized spacial score (nSPS) is 11.9. The van der Waals surface area contributed by atoms with E-state index < -0.39 is 0 Å². The highest BCUT2D eigenvalue weighted by atomic mass is 32.1. The summed E-state index contributed by atoms with van der Waals surface area (Å²) in [6.07, 6.45) is 11.8. The van der Waals surface area contributed by atoms with Gasteiger partial charge in [-0.15, -0.1) is 0 Å². The number of hydrogen-bond donors (Lipinski definition) is 7. The van der Waals surface area contributed by atoms with Crippen molar-refractivity contribution in [3.8, 4) is 0 Å². The van der Waals surface area contributed by atoms with Gasteiger partial charge in [0.05, 0.1) is 19.8 Å². The number of methoxy groups -OCH3 is 1. The van der Waals surface area contributed by atoms with Crippen LogP contribution in [0.2, 0.25) is 0 Å². The maximum absolute atomic E-state index is 12.5. The molecule has 44 heavy (non-hydrogen) atoms. The highest BCUT2D eigenvalue weighted by Crippen LogP contribution is 2.09. The highest BCUT2D eigenvalue weighted by Gasteiger charge is 2.16. The standard InChI is InChI=1S/C25H48N4O7S.C5H12OS/c1-35-19-21(18-30)9-2-5-15-28-25(34)17-22(29-24(33)12-8-13-26-20-31)10-3-6-14-27-23(32)11-4-7-16-36-37;1-2-3-4-5-6-7/h20-22,30,37H,2-19H2,1H3,(H,26,31)(H,27,32)(H,28,34)(H,29,33);7H,2-5H2,1H3. The lowest BCUT2D eigenvalue weighted by atomic mass is 10.0. The minimum atomic E-state index is -0.302. The number of thiol groups is 2. The lowest BCUT2D eigenvalue weighted by Crippen LogP contribution is -2.39. The second kappa shape index (κ2) is 35.9. The van der Waals surface area contributed by atoms with Crippen LogP contribution >= 0.6 is 25.8 Å². The molecule has 12 nitrogen and oxygen atoms in total. The molecule has 0 saturated carbocycles. The largest absolute Gasteiger partial charge is 0.396 e. The first-order valence-electron chi connectivity index (χ1n) is 16.0. The van der Waals surface area contributed by atoms with Crippen LogP contribution in [0.25, 0.3) is 0 Å². The molecule has 4 amide bonds. The van der Waals surface area contributed by atoms with Crippen molar-refractivity contribution in [3.63, 3.8) is 0 Å². The number of unbranched alkanes of at least 4 members (excludes halogenated alkanes) is 5. The molecule has 5 N–H and O–H groups in total. The highest BCUT2D eigenvalue weighted by molar-refractivity contribution is 7.75. The van der Waals surface area contributed by atoms with Crippen LogP contribution in [0.5, 0.6) is 0 Å². The fraction of sp³-hybridized carbons (Fsp3) is 0.867. The van der Waals surface area contributed by atoms with E-state index in [1.807, 2.05) is 0 Å². The monoisotopic (exact) mass is 668 g/mol. The number of carbonyl (C=O) groups is 4. The van der Waals surface area contributed by atoms with E-state index in [0.29, 0.717) is 58.5 Å². The minimum absolute atomic E-state index is 0.000132. The van der Waals surface area contributed by atoms with E-state index in [1.165, 1.54) is 12.8 Å². The molecular formula is C30H60N4O8S2.